The van der Waals surface area contributed by atoms with Gasteiger partial charge in [-0.05, 0) is 47.2 Å². The van der Waals surface area contributed by atoms with E-state index in [-0.39, 0.29) is 12.5 Å². The molecule has 0 atom stereocenters. The highest BCUT2D eigenvalue weighted by molar-refractivity contribution is 9.10. The van der Waals surface area contributed by atoms with E-state index in [1.165, 1.54) is 5.69 Å². The van der Waals surface area contributed by atoms with E-state index < -0.39 is 0 Å². The number of benzene rings is 3. The van der Waals surface area contributed by atoms with Gasteiger partial charge in [-0.2, -0.15) is 0 Å². The third kappa shape index (κ3) is 4.25. The molecule has 3 aromatic carbocycles. The second-order valence-electron chi connectivity index (χ2n) is 6.65. The molecule has 4 rings (SSSR count). The third-order valence-corrected chi connectivity index (χ3v) is 5.38. The summed E-state index contributed by atoms with van der Waals surface area (Å²) in [5.74, 6) is 0.764. The number of para-hydroxylation sites is 1. The lowest BCUT2D eigenvalue weighted by atomic mass is 10.1. The Morgan fingerprint density at radius 3 is 2.37 bits per heavy atom. The number of carbonyl (C=O) groups excluding carboxylic acids is 1. The summed E-state index contributed by atoms with van der Waals surface area (Å²) in [5, 5.41) is 2.24. The molecule has 0 saturated carbocycles. The predicted octanol–water partition coefficient (Wildman–Crippen LogP) is 4.33. The average molecular weight is 425 g/mol. The summed E-state index contributed by atoms with van der Waals surface area (Å²) in [6.45, 7) is 3.22. The van der Waals surface area contributed by atoms with Crippen molar-refractivity contribution in [2.24, 2.45) is 0 Å². The van der Waals surface area contributed by atoms with Gasteiger partial charge in [-0.15, -0.1) is 0 Å². The number of rotatable bonds is 4. The van der Waals surface area contributed by atoms with Crippen LogP contribution >= 0.6 is 15.9 Å². The topological polar surface area (TPSA) is 32.8 Å². The monoisotopic (exact) mass is 424 g/mol. The summed E-state index contributed by atoms with van der Waals surface area (Å²) in [5.41, 5.74) is 1.21. The van der Waals surface area contributed by atoms with E-state index in [0.29, 0.717) is 0 Å². The second kappa shape index (κ2) is 8.01. The van der Waals surface area contributed by atoms with E-state index in [9.17, 15) is 4.79 Å². The van der Waals surface area contributed by atoms with Crippen LogP contribution < -0.4 is 9.64 Å². The largest absolute Gasteiger partial charge is 0.484 e. The maximum absolute atomic E-state index is 12.5. The fourth-order valence-electron chi connectivity index (χ4n) is 3.37. The minimum absolute atomic E-state index is 0.0404. The van der Waals surface area contributed by atoms with Gasteiger partial charge in [0.05, 0.1) is 0 Å². The Bertz CT molecular complexity index is 937. The van der Waals surface area contributed by atoms with Gasteiger partial charge in [0.1, 0.15) is 5.75 Å². The van der Waals surface area contributed by atoms with E-state index in [1.54, 1.807) is 0 Å². The maximum Gasteiger partial charge on any atom is 0.260 e. The van der Waals surface area contributed by atoms with Crippen LogP contribution in [0.1, 0.15) is 0 Å². The van der Waals surface area contributed by atoms with Gasteiger partial charge in [0.15, 0.2) is 6.61 Å². The van der Waals surface area contributed by atoms with Gasteiger partial charge in [-0.3, -0.25) is 4.79 Å². The smallest absolute Gasteiger partial charge is 0.260 e. The molecule has 0 N–H and O–H groups in total. The standard InChI is InChI=1S/C22H21BrN2O2/c23-19-8-6-18-15-21(9-7-17(18)14-19)27-16-22(26)25-12-10-24(11-13-25)20-4-2-1-3-5-20/h1-9,14-15H,10-13,16H2. The van der Waals surface area contributed by atoms with Crippen LogP contribution in [-0.4, -0.2) is 43.6 Å². The number of anilines is 1. The summed E-state index contributed by atoms with van der Waals surface area (Å²) in [7, 11) is 0. The molecule has 1 aliphatic heterocycles. The zero-order valence-corrected chi connectivity index (χ0v) is 16.6. The van der Waals surface area contributed by atoms with E-state index in [2.05, 4.69) is 39.0 Å². The molecule has 3 aromatic rings. The first-order chi connectivity index (χ1) is 13.2. The predicted molar refractivity (Wildman–Crippen MR) is 112 cm³/mol. The van der Waals surface area contributed by atoms with Gasteiger partial charge in [0, 0.05) is 36.3 Å². The molecule has 5 heteroatoms. The zero-order valence-electron chi connectivity index (χ0n) is 15.0. The Balaban J connectivity index is 1.32. The van der Waals surface area contributed by atoms with Gasteiger partial charge in [0.25, 0.3) is 5.91 Å². The molecule has 0 aromatic heterocycles. The first-order valence-corrected chi connectivity index (χ1v) is 9.88. The van der Waals surface area contributed by atoms with Crippen LogP contribution in [-0.2, 0) is 4.79 Å². The number of ether oxygens (including phenoxy) is 1. The number of hydrogen-bond acceptors (Lipinski definition) is 3. The van der Waals surface area contributed by atoms with Crippen LogP contribution in [0.25, 0.3) is 10.8 Å². The number of fused-ring (bicyclic) bond motifs is 1. The van der Waals surface area contributed by atoms with Crippen LogP contribution in [0.3, 0.4) is 0 Å². The van der Waals surface area contributed by atoms with Gasteiger partial charge >= 0.3 is 0 Å². The van der Waals surface area contributed by atoms with Crippen molar-refractivity contribution in [2.75, 3.05) is 37.7 Å². The van der Waals surface area contributed by atoms with Crippen molar-refractivity contribution in [2.45, 2.75) is 0 Å². The van der Waals surface area contributed by atoms with Crippen LogP contribution in [0.15, 0.2) is 71.2 Å². The van der Waals surface area contributed by atoms with Gasteiger partial charge in [-0.25, -0.2) is 0 Å². The summed E-state index contributed by atoms with van der Waals surface area (Å²) < 4.78 is 6.80. The quantitative estimate of drug-likeness (QED) is 0.624. The number of carbonyl (C=O) groups is 1. The minimum atomic E-state index is 0.0404. The van der Waals surface area contributed by atoms with E-state index in [1.807, 2.05) is 53.4 Å². The summed E-state index contributed by atoms with van der Waals surface area (Å²) in [4.78, 5) is 16.7. The van der Waals surface area contributed by atoms with Crippen molar-refractivity contribution < 1.29 is 9.53 Å². The van der Waals surface area contributed by atoms with Crippen molar-refractivity contribution in [3.63, 3.8) is 0 Å². The molecule has 4 nitrogen and oxygen atoms in total. The molecule has 1 amide bonds. The molecule has 0 unspecified atom stereocenters. The lowest BCUT2D eigenvalue weighted by molar-refractivity contribution is -0.133. The number of amides is 1. The highest BCUT2D eigenvalue weighted by atomic mass is 79.9. The Morgan fingerprint density at radius 2 is 1.59 bits per heavy atom. The minimum Gasteiger partial charge on any atom is -0.484 e. The molecular weight excluding hydrogens is 404 g/mol. The average Bonchev–Trinajstić information content (AvgIpc) is 2.72. The zero-order chi connectivity index (χ0) is 18.6. The summed E-state index contributed by atoms with van der Waals surface area (Å²) >= 11 is 3.48. The molecule has 0 radical (unpaired) electrons. The number of nitrogens with zero attached hydrogens (tertiary/aromatic N) is 2. The Labute approximate surface area is 167 Å². The lowest BCUT2D eigenvalue weighted by Crippen LogP contribution is -2.50. The van der Waals surface area contributed by atoms with Crippen molar-refractivity contribution in [3.05, 3.63) is 71.2 Å². The van der Waals surface area contributed by atoms with Crippen LogP contribution in [0.2, 0.25) is 0 Å². The van der Waals surface area contributed by atoms with E-state index >= 15 is 0 Å². The molecule has 1 aliphatic rings. The summed E-state index contributed by atoms with van der Waals surface area (Å²) in [6, 6.07) is 22.3. The highest BCUT2D eigenvalue weighted by Gasteiger charge is 2.21. The first-order valence-electron chi connectivity index (χ1n) is 9.09. The molecule has 1 saturated heterocycles. The Kier molecular flexibility index (Phi) is 5.30. The highest BCUT2D eigenvalue weighted by Crippen LogP contribution is 2.24. The SMILES string of the molecule is O=C(COc1ccc2cc(Br)ccc2c1)N1CCN(c2ccccc2)CC1. The normalized spacial score (nSPS) is 14.4. The Morgan fingerprint density at radius 1 is 0.889 bits per heavy atom. The van der Waals surface area contributed by atoms with E-state index in [0.717, 1.165) is 47.2 Å². The first kappa shape index (κ1) is 17.9. The molecule has 0 bridgehead atoms. The second-order valence-corrected chi connectivity index (χ2v) is 7.56. The molecule has 0 spiro atoms. The van der Waals surface area contributed by atoms with Crippen molar-refractivity contribution in [1.82, 2.24) is 4.90 Å². The van der Waals surface area contributed by atoms with Crippen molar-refractivity contribution in [3.8, 4) is 5.75 Å². The van der Waals surface area contributed by atoms with Crippen LogP contribution in [0.4, 0.5) is 5.69 Å². The molecule has 1 fully saturated rings. The molecule has 1 heterocycles. The van der Waals surface area contributed by atoms with Gasteiger partial charge < -0.3 is 14.5 Å². The van der Waals surface area contributed by atoms with Crippen molar-refractivity contribution >= 4 is 38.3 Å². The van der Waals surface area contributed by atoms with Crippen LogP contribution in [0.5, 0.6) is 5.75 Å². The fraction of sp³-hybridized carbons (Fsp3) is 0.227. The lowest BCUT2D eigenvalue weighted by Gasteiger charge is -2.36. The molecule has 138 valence electrons. The summed E-state index contributed by atoms with van der Waals surface area (Å²) in [6.07, 6.45) is 0. The number of halogens is 1. The fourth-order valence-corrected chi connectivity index (χ4v) is 3.75. The molecular formula is C22H21BrN2O2. The number of piperazine rings is 1. The van der Waals surface area contributed by atoms with E-state index in [4.69, 9.17) is 4.74 Å². The number of hydrogen-bond donors (Lipinski definition) is 0. The maximum atomic E-state index is 12.5. The third-order valence-electron chi connectivity index (χ3n) is 4.89. The van der Waals surface area contributed by atoms with Gasteiger partial charge in [-0.1, -0.05) is 46.3 Å². The molecule has 27 heavy (non-hydrogen) atoms. The van der Waals surface area contributed by atoms with Crippen LogP contribution in [0, 0.1) is 0 Å². The van der Waals surface area contributed by atoms with Gasteiger partial charge in [0.2, 0.25) is 0 Å². The Hall–Kier alpha value is -2.53. The van der Waals surface area contributed by atoms with Crippen molar-refractivity contribution in [1.29, 1.82) is 0 Å². The molecule has 0 aliphatic carbocycles.